The van der Waals surface area contributed by atoms with Gasteiger partial charge >= 0.3 is 0 Å². The number of nitrogens with zero attached hydrogens (tertiary/aromatic N) is 1. The summed E-state index contributed by atoms with van der Waals surface area (Å²) in [6.45, 7) is 4.35. The third kappa shape index (κ3) is 6.83. The second kappa shape index (κ2) is 12.0. The highest BCUT2D eigenvalue weighted by Gasteiger charge is 2.30. The number of thioether (sulfide) groups is 1. The molecular formula is C26H33FN2O2S. The van der Waals surface area contributed by atoms with Crippen LogP contribution in [0.1, 0.15) is 55.7 Å². The van der Waals surface area contributed by atoms with E-state index in [0.29, 0.717) is 24.3 Å². The van der Waals surface area contributed by atoms with Gasteiger partial charge in [0.1, 0.15) is 11.9 Å². The van der Waals surface area contributed by atoms with Crippen molar-refractivity contribution >= 4 is 23.6 Å². The molecule has 1 aliphatic rings. The number of aryl methyl sites for hydroxylation is 1. The Morgan fingerprint density at radius 1 is 1.12 bits per heavy atom. The lowest BCUT2D eigenvalue weighted by molar-refractivity contribution is -0.139. The quantitative estimate of drug-likeness (QED) is 0.532. The van der Waals surface area contributed by atoms with Crippen LogP contribution in [-0.4, -0.2) is 34.6 Å². The molecule has 4 nitrogen and oxygen atoms in total. The molecule has 0 bridgehead atoms. The average Bonchev–Trinajstić information content (AvgIpc) is 3.29. The van der Waals surface area contributed by atoms with E-state index in [0.717, 1.165) is 36.8 Å². The van der Waals surface area contributed by atoms with Crippen LogP contribution in [0.15, 0.2) is 48.5 Å². The van der Waals surface area contributed by atoms with Gasteiger partial charge in [-0.15, -0.1) is 11.8 Å². The first-order valence-electron chi connectivity index (χ1n) is 11.4. The van der Waals surface area contributed by atoms with Gasteiger partial charge in [0.15, 0.2) is 0 Å². The zero-order valence-electron chi connectivity index (χ0n) is 19.0. The summed E-state index contributed by atoms with van der Waals surface area (Å²) in [7, 11) is 0. The number of hydrogen-bond donors (Lipinski definition) is 1. The molecule has 2 amide bonds. The molecule has 0 radical (unpaired) electrons. The molecule has 32 heavy (non-hydrogen) atoms. The van der Waals surface area contributed by atoms with Crippen LogP contribution in [0.2, 0.25) is 0 Å². The molecule has 172 valence electrons. The maximum Gasteiger partial charge on any atom is 0.243 e. The smallest absolute Gasteiger partial charge is 0.243 e. The molecule has 6 heteroatoms. The number of carbonyl (C=O) groups is 2. The minimum Gasteiger partial charge on any atom is -0.352 e. The Morgan fingerprint density at radius 3 is 2.47 bits per heavy atom. The van der Waals surface area contributed by atoms with Crippen molar-refractivity contribution < 1.29 is 14.0 Å². The van der Waals surface area contributed by atoms with E-state index in [-0.39, 0.29) is 29.4 Å². The number of amides is 2. The van der Waals surface area contributed by atoms with Gasteiger partial charge in [-0.25, -0.2) is 4.39 Å². The summed E-state index contributed by atoms with van der Waals surface area (Å²) in [6.07, 6.45) is 4.84. The largest absolute Gasteiger partial charge is 0.352 e. The first kappa shape index (κ1) is 24.3. The third-order valence-electron chi connectivity index (χ3n) is 6.00. The maximum absolute atomic E-state index is 13.9. The highest BCUT2D eigenvalue weighted by molar-refractivity contribution is 7.99. The van der Waals surface area contributed by atoms with Crippen molar-refractivity contribution in [1.29, 1.82) is 0 Å². The lowest BCUT2D eigenvalue weighted by Crippen LogP contribution is -2.51. The zero-order chi connectivity index (χ0) is 22.9. The van der Waals surface area contributed by atoms with E-state index >= 15 is 0 Å². The van der Waals surface area contributed by atoms with E-state index < -0.39 is 6.04 Å². The van der Waals surface area contributed by atoms with Gasteiger partial charge < -0.3 is 10.2 Å². The minimum atomic E-state index is -0.515. The molecule has 0 unspecified atom stereocenters. The van der Waals surface area contributed by atoms with E-state index in [1.807, 2.05) is 38.1 Å². The van der Waals surface area contributed by atoms with Crippen LogP contribution in [0.5, 0.6) is 0 Å². The summed E-state index contributed by atoms with van der Waals surface area (Å²) in [5.74, 6) is 0.195. The van der Waals surface area contributed by atoms with Crippen LogP contribution in [0.3, 0.4) is 0 Å². The van der Waals surface area contributed by atoms with Crippen LogP contribution in [0.4, 0.5) is 4.39 Å². The number of rotatable bonds is 10. The van der Waals surface area contributed by atoms with Crippen molar-refractivity contribution in [2.24, 2.45) is 0 Å². The van der Waals surface area contributed by atoms with E-state index in [9.17, 15) is 14.0 Å². The predicted octanol–water partition coefficient (Wildman–Crippen LogP) is 5.23. The minimum absolute atomic E-state index is 0.0704. The summed E-state index contributed by atoms with van der Waals surface area (Å²) in [6, 6.07) is 14.4. The molecule has 1 N–H and O–H groups in total. The molecule has 3 rings (SSSR count). The van der Waals surface area contributed by atoms with Crippen LogP contribution >= 0.6 is 11.8 Å². The predicted molar refractivity (Wildman–Crippen MR) is 129 cm³/mol. The maximum atomic E-state index is 13.9. The van der Waals surface area contributed by atoms with Gasteiger partial charge in [0, 0.05) is 18.3 Å². The van der Waals surface area contributed by atoms with Gasteiger partial charge in [0.25, 0.3) is 0 Å². The molecule has 0 heterocycles. The zero-order valence-corrected chi connectivity index (χ0v) is 19.8. The Morgan fingerprint density at radius 2 is 1.81 bits per heavy atom. The van der Waals surface area contributed by atoms with Crippen molar-refractivity contribution in [3.63, 3.8) is 0 Å². The van der Waals surface area contributed by atoms with E-state index in [1.54, 1.807) is 23.1 Å². The Bertz CT molecular complexity index is 897. The van der Waals surface area contributed by atoms with Crippen LogP contribution in [0.25, 0.3) is 0 Å². The van der Waals surface area contributed by atoms with Gasteiger partial charge in [-0.2, -0.15) is 0 Å². The molecule has 0 saturated heterocycles. The second-order valence-corrected chi connectivity index (χ2v) is 9.49. The van der Waals surface area contributed by atoms with Gasteiger partial charge in [-0.3, -0.25) is 9.59 Å². The average molecular weight is 457 g/mol. The van der Waals surface area contributed by atoms with Crippen molar-refractivity contribution in [2.45, 2.75) is 70.3 Å². The van der Waals surface area contributed by atoms with E-state index in [2.05, 4.69) is 5.32 Å². The number of nitrogens with one attached hydrogen (secondary N) is 1. The Kier molecular flexibility index (Phi) is 9.15. The second-order valence-electron chi connectivity index (χ2n) is 8.51. The first-order chi connectivity index (χ1) is 15.5. The highest BCUT2D eigenvalue weighted by Crippen LogP contribution is 2.21. The fourth-order valence-electron chi connectivity index (χ4n) is 4.12. The van der Waals surface area contributed by atoms with Gasteiger partial charge in [0.2, 0.25) is 11.8 Å². The SMILES string of the molecule is CC[C@H](C(=O)NC1CCCC1)N(Cc1ccc(C)cc1)C(=O)CSCc1ccccc1F. The number of halogens is 1. The topological polar surface area (TPSA) is 49.4 Å². The van der Waals surface area contributed by atoms with Crippen LogP contribution in [-0.2, 0) is 21.9 Å². The van der Waals surface area contributed by atoms with E-state index in [1.165, 1.54) is 17.8 Å². The molecule has 1 fully saturated rings. The molecule has 2 aromatic rings. The summed E-state index contributed by atoms with van der Waals surface area (Å²) in [5.41, 5.74) is 2.73. The lowest BCUT2D eigenvalue weighted by atomic mass is 10.1. The van der Waals surface area contributed by atoms with E-state index in [4.69, 9.17) is 0 Å². The van der Waals surface area contributed by atoms with Gasteiger partial charge in [-0.1, -0.05) is 67.8 Å². The lowest BCUT2D eigenvalue weighted by Gasteiger charge is -2.31. The van der Waals surface area contributed by atoms with Gasteiger partial charge in [0.05, 0.1) is 5.75 Å². The monoisotopic (exact) mass is 456 g/mol. The normalized spacial score (nSPS) is 14.8. The molecular weight excluding hydrogens is 423 g/mol. The fourth-order valence-corrected chi connectivity index (χ4v) is 5.02. The molecule has 1 saturated carbocycles. The van der Waals surface area contributed by atoms with Crippen molar-refractivity contribution in [2.75, 3.05) is 5.75 Å². The van der Waals surface area contributed by atoms with Crippen LogP contribution in [0, 0.1) is 12.7 Å². The van der Waals surface area contributed by atoms with Crippen molar-refractivity contribution in [3.05, 3.63) is 71.0 Å². The molecule has 0 aromatic heterocycles. The molecule has 0 spiro atoms. The van der Waals surface area contributed by atoms with Crippen LogP contribution < -0.4 is 5.32 Å². The Hall–Kier alpha value is -2.34. The van der Waals surface area contributed by atoms with Crippen molar-refractivity contribution in [3.8, 4) is 0 Å². The molecule has 2 aromatic carbocycles. The molecule has 1 aliphatic carbocycles. The summed E-state index contributed by atoms with van der Waals surface area (Å²) >= 11 is 1.38. The highest BCUT2D eigenvalue weighted by atomic mass is 32.2. The molecule has 1 atom stereocenters. The number of hydrogen-bond acceptors (Lipinski definition) is 3. The Labute approximate surface area is 195 Å². The fraction of sp³-hybridized carbons (Fsp3) is 0.462. The summed E-state index contributed by atoms with van der Waals surface area (Å²) in [5, 5.41) is 3.16. The third-order valence-corrected chi connectivity index (χ3v) is 6.97. The number of benzene rings is 2. The van der Waals surface area contributed by atoms with Gasteiger partial charge in [-0.05, 0) is 43.4 Å². The molecule has 0 aliphatic heterocycles. The summed E-state index contributed by atoms with van der Waals surface area (Å²) < 4.78 is 13.9. The number of carbonyl (C=O) groups excluding carboxylic acids is 2. The summed E-state index contributed by atoms with van der Waals surface area (Å²) in [4.78, 5) is 28.1. The first-order valence-corrected chi connectivity index (χ1v) is 12.6. The standard InChI is InChI=1S/C26H33FN2O2S/c1-3-24(26(31)28-22-9-5-6-10-22)29(16-20-14-12-19(2)13-15-20)25(30)18-32-17-21-8-4-7-11-23(21)27/h4,7-8,11-15,22,24H,3,5-6,9-10,16-18H2,1-2H3,(H,28,31)/t24-/m1/s1. The Balaban J connectivity index is 1.70. The van der Waals surface area contributed by atoms with Crippen molar-refractivity contribution in [1.82, 2.24) is 10.2 Å².